The summed E-state index contributed by atoms with van der Waals surface area (Å²) >= 11 is 0. The molecule has 0 unspecified atom stereocenters. The molecule has 2 nitrogen and oxygen atoms in total. The zero-order valence-electron chi connectivity index (χ0n) is 11.7. The van der Waals surface area contributed by atoms with Gasteiger partial charge in [-0.05, 0) is 63.4 Å². The number of benzene rings is 1. The number of hydrogen-bond acceptors (Lipinski definition) is 2. The lowest BCUT2D eigenvalue weighted by Gasteiger charge is -2.30. The maximum atomic E-state index is 11.3. The molecule has 0 N–H and O–H groups in total. The molecule has 1 aromatic carbocycles. The lowest BCUT2D eigenvalue weighted by molar-refractivity contribution is -0.122. The molecule has 1 aliphatic rings. The van der Waals surface area contributed by atoms with Crippen LogP contribution in [0.4, 0.5) is 0 Å². The molecule has 18 heavy (non-hydrogen) atoms. The van der Waals surface area contributed by atoms with E-state index in [4.69, 9.17) is 0 Å². The van der Waals surface area contributed by atoms with Gasteiger partial charge in [-0.1, -0.05) is 18.2 Å². The minimum absolute atomic E-state index is 0.306. The number of piperidine rings is 1. The first-order chi connectivity index (χ1) is 8.56. The fourth-order valence-electron chi connectivity index (χ4n) is 2.66. The molecule has 2 rings (SSSR count). The van der Waals surface area contributed by atoms with Gasteiger partial charge in [-0.15, -0.1) is 0 Å². The van der Waals surface area contributed by atoms with E-state index < -0.39 is 0 Å². The predicted octanol–water partition coefficient (Wildman–Crippen LogP) is 3.10. The smallest absolute Gasteiger partial charge is 0.133 e. The minimum Gasteiger partial charge on any atom is -0.300 e. The molecule has 0 aromatic heterocycles. The van der Waals surface area contributed by atoms with Crippen molar-refractivity contribution in [3.05, 3.63) is 34.9 Å². The Balaban J connectivity index is 1.91. The van der Waals surface area contributed by atoms with Crippen LogP contribution in [-0.4, -0.2) is 23.8 Å². The quantitative estimate of drug-likeness (QED) is 0.815. The van der Waals surface area contributed by atoms with Gasteiger partial charge in [-0.3, -0.25) is 9.69 Å². The van der Waals surface area contributed by atoms with Crippen molar-refractivity contribution in [3.8, 4) is 0 Å². The standard InChI is InChI=1S/C16H23NO/c1-12-4-5-15(10-13(12)2)11-17-8-6-16(7-9-17)14(3)18/h4-5,10,16H,6-9,11H2,1-3H3. The Morgan fingerprint density at radius 1 is 1.22 bits per heavy atom. The number of likely N-dealkylation sites (tertiary alicyclic amines) is 1. The third kappa shape index (κ3) is 3.20. The van der Waals surface area contributed by atoms with E-state index in [0.717, 1.165) is 32.5 Å². The van der Waals surface area contributed by atoms with Crippen molar-refractivity contribution in [2.24, 2.45) is 5.92 Å². The summed E-state index contributed by atoms with van der Waals surface area (Å²) in [6.07, 6.45) is 2.06. The van der Waals surface area contributed by atoms with Crippen LogP contribution in [0.3, 0.4) is 0 Å². The summed E-state index contributed by atoms with van der Waals surface area (Å²) in [6.45, 7) is 9.17. The lowest BCUT2D eigenvalue weighted by Crippen LogP contribution is -2.35. The predicted molar refractivity (Wildman–Crippen MR) is 74.6 cm³/mol. The second kappa shape index (κ2) is 5.66. The van der Waals surface area contributed by atoms with Gasteiger partial charge in [0.15, 0.2) is 0 Å². The first-order valence-corrected chi connectivity index (χ1v) is 6.85. The molecule has 0 aliphatic carbocycles. The van der Waals surface area contributed by atoms with Crippen molar-refractivity contribution < 1.29 is 4.79 Å². The highest BCUT2D eigenvalue weighted by atomic mass is 16.1. The van der Waals surface area contributed by atoms with Crippen LogP contribution >= 0.6 is 0 Å². The summed E-state index contributed by atoms with van der Waals surface area (Å²) in [7, 11) is 0. The molecule has 0 amide bonds. The van der Waals surface area contributed by atoms with Crippen molar-refractivity contribution in [1.29, 1.82) is 0 Å². The van der Waals surface area contributed by atoms with Crippen LogP contribution in [0.15, 0.2) is 18.2 Å². The van der Waals surface area contributed by atoms with Crippen LogP contribution in [-0.2, 0) is 11.3 Å². The largest absolute Gasteiger partial charge is 0.300 e. The molecule has 1 heterocycles. The van der Waals surface area contributed by atoms with E-state index in [1.165, 1.54) is 16.7 Å². The van der Waals surface area contributed by atoms with Gasteiger partial charge >= 0.3 is 0 Å². The lowest BCUT2D eigenvalue weighted by atomic mass is 9.93. The number of ketones is 1. The zero-order valence-corrected chi connectivity index (χ0v) is 11.7. The second-order valence-electron chi connectivity index (χ2n) is 5.58. The molecule has 0 spiro atoms. The minimum atomic E-state index is 0.306. The summed E-state index contributed by atoms with van der Waals surface area (Å²) < 4.78 is 0. The fourth-order valence-corrected chi connectivity index (χ4v) is 2.66. The first kappa shape index (κ1) is 13.3. The zero-order chi connectivity index (χ0) is 13.1. The van der Waals surface area contributed by atoms with Crippen molar-refractivity contribution in [2.45, 2.75) is 40.2 Å². The Morgan fingerprint density at radius 2 is 1.89 bits per heavy atom. The molecule has 0 atom stereocenters. The van der Waals surface area contributed by atoms with Crippen molar-refractivity contribution >= 4 is 5.78 Å². The summed E-state index contributed by atoms with van der Waals surface area (Å²) in [5, 5.41) is 0. The summed E-state index contributed by atoms with van der Waals surface area (Å²) in [5.41, 5.74) is 4.11. The van der Waals surface area contributed by atoms with Gasteiger partial charge in [-0.25, -0.2) is 0 Å². The van der Waals surface area contributed by atoms with E-state index in [-0.39, 0.29) is 0 Å². The van der Waals surface area contributed by atoms with Crippen LogP contribution in [0.25, 0.3) is 0 Å². The van der Waals surface area contributed by atoms with Crippen molar-refractivity contribution in [3.63, 3.8) is 0 Å². The average Bonchev–Trinajstić information content (AvgIpc) is 2.34. The SMILES string of the molecule is CC(=O)C1CCN(Cc2ccc(C)c(C)c2)CC1. The number of nitrogens with zero attached hydrogens (tertiary/aromatic N) is 1. The van der Waals surface area contributed by atoms with E-state index in [1.807, 2.05) is 0 Å². The third-order valence-electron chi connectivity index (χ3n) is 4.14. The molecule has 1 fully saturated rings. The first-order valence-electron chi connectivity index (χ1n) is 6.85. The van der Waals surface area contributed by atoms with Gasteiger partial charge in [-0.2, -0.15) is 0 Å². The topological polar surface area (TPSA) is 20.3 Å². The Hall–Kier alpha value is -1.15. The number of rotatable bonds is 3. The monoisotopic (exact) mass is 245 g/mol. The third-order valence-corrected chi connectivity index (χ3v) is 4.14. The summed E-state index contributed by atoms with van der Waals surface area (Å²) in [6, 6.07) is 6.71. The van der Waals surface area contributed by atoms with E-state index in [1.54, 1.807) is 6.92 Å². The molecular weight excluding hydrogens is 222 g/mol. The number of hydrogen-bond donors (Lipinski definition) is 0. The highest BCUT2D eigenvalue weighted by Crippen LogP contribution is 2.20. The van der Waals surface area contributed by atoms with Crippen molar-refractivity contribution in [1.82, 2.24) is 4.90 Å². The van der Waals surface area contributed by atoms with E-state index >= 15 is 0 Å². The molecule has 0 bridgehead atoms. The Bertz CT molecular complexity index is 431. The molecule has 1 saturated heterocycles. The molecule has 0 saturated carbocycles. The number of carbonyl (C=O) groups is 1. The van der Waals surface area contributed by atoms with Gasteiger partial charge in [0.2, 0.25) is 0 Å². The number of carbonyl (C=O) groups excluding carboxylic acids is 1. The summed E-state index contributed by atoms with van der Waals surface area (Å²) in [5.74, 6) is 0.668. The van der Waals surface area contributed by atoms with Gasteiger partial charge in [0.05, 0.1) is 0 Å². The van der Waals surface area contributed by atoms with E-state index in [9.17, 15) is 4.79 Å². The van der Waals surface area contributed by atoms with Crippen LogP contribution in [0.5, 0.6) is 0 Å². The molecular formula is C16H23NO. The number of aryl methyl sites for hydroxylation is 2. The second-order valence-corrected chi connectivity index (χ2v) is 5.58. The Morgan fingerprint density at radius 3 is 2.44 bits per heavy atom. The van der Waals surface area contributed by atoms with Gasteiger partial charge in [0.1, 0.15) is 5.78 Å². The molecule has 0 radical (unpaired) electrons. The van der Waals surface area contributed by atoms with Crippen LogP contribution in [0.1, 0.15) is 36.5 Å². The fraction of sp³-hybridized carbons (Fsp3) is 0.562. The van der Waals surface area contributed by atoms with Crippen LogP contribution < -0.4 is 0 Å². The molecule has 2 heteroatoms. The Kier molecular flexibility index (Phi) is 4.18. The highest BCUT2D eigenvalue weighted by Gasteiger charge is 2.22. The normalized spacial score (nSPS) is 17.9. The van der Waals surface area contributed by atoms with Gasteiger partial charge in [0, 0.05) is 12.5 Å². The maximum Gasteiger partial charge on any atom is 0.133 e. The molecule has 1 aromatic rings. The summed E-state index contributed by atoms with van der Waals surface area (Å²) in [4.78, 5) is 13.8. The van der Waals surface area contributed by atoms with Gasteiger partial charge < -0.3 is 0 Å². The number of Topliss-reactive ketones (excluding diaryl/α,β-unsaturated/α-hetero) is 1. The maximum absolute atomic E-state index is 11.3. The van der Waals surface area contributed by atoms with Gasteiger partial charge in [0.25, 0.3) is 0 Å². The van der Waals surface area contributed by atoms with Crippen LogP contribution in [0.2, 0.25) is 0 Å². The Labute approximate surface area is 110 Å². The van der Waals surface area contributed by atoms with Crippen LogP contribution in [0, 0.1) is 19.8 Å². The molecule has 98 valence electrons. The average molecular weight is 245 g/mol. The van der Waals surface area contributed by atoms with Crippen molar-refractivity contribution in [2.75, 3.05) is 13.1 Å². The van der Waals surface area contributed by atoms with E-state index in [2.05, 4.69) is 36.9 Å². The molecule has 1 aliphatic heterocycles. The highest BCUT2D eigenvalue weighted by molar-refractivity contribution is 5.78. The van der Waals surface area contributed by atoms with E-state index in [0.29, 0.717) is 11.7 Å².